The largest absolute Gasteiger partial charge is 0.469 e. The lowest BCUT2D eigenvalue weighted by Gasteiger charge is -2.25. The Hall–Kier alpha value is -1.82. The van der Waals surface area contributed by atoms with Gasteiger partial charge in [0.25, 0.3) is 5.91 Å². The smallest absolute Gasteiger partial charge is 0.255 e. The molecule has 0 saturated carbocycles. The Bertz CT molecular complexity index is 510. The van der Waals surface area contributed by atoms with E-state index < -0.39 is 6.10 Å². The molecule has 2 rings (SSSR count). The van der Waals surface area contributed by atoms with Gasteiger partial charge in [-0.25, -0.2) is 0 Å². The quantitative estimate of drug-likeness (QED) is 0.851. The molecule has 116 valence electrons. The number of nitrogens with one attached hydrogen (secondary N) is 1. The lowest BCUT2D eigenvalue weighted by Crippen LogP contribution is -2.43. The highest BCUT2D eigenvalue weighted by Crippen LogP contribution is 2.21. The monoisotopic (exact) mass is 294 g/mol. The van der Waals surface area contributed by atoms with E-state index in [-0.39, 0.29) is 24.4 Å². The first-order valence-corrected chi connectivity index (χ1v) is 7.29. The molecule has 0 bridgehead atoms. The molecule has 0 aliphatic carbocycles. The molecule has 0 radical (unpaired) electrons. The number of carbonyl (C=O) groups is 2. The van der Waals surface area contributed by atoms with Gasteiger partial charge in [-0.05, 0) is 39.2 Å². The van der Waals surface area contributed by atoms with Crippen molar-refractivity contribution in [1.29, 1.82) is 0 Å². The zero-order valence-electron chi connectivity index (χ0n) is 12.5. The van der Waals surface area contributed by atoms with Gasteiger partial charge in [0.05, 0.1) is 24.5 Å². The molecule has 0 spiro atoms. The van der Waals surface area contributed by atoms with Crippen LogP contribution in [0.3, 0.4) is 0 Å². The van der Waals surface area contributed by atoms with Crippen molar-refractivity contribution in [3.8, 4) is 0 Å². The summed E-state index contributed by atoms with van der Waals surface area (Å²) in [5.74, 6) is 0.127. The highest BCUT2D eigenvalue weighted by Gasteiger charge is 2.29. The zero-order valence-corrected chi connectivity index (χ0v) is 12.5. The standard InChI is InChI=1S/C15H22N2O4/c1-10(18)8-12-4-3-6-17(12)14(19)9-16-15(20)13-5-7-21-11(13)2/h5,7,10,12,18H,3-4,6,8-9H2,1-2H3,(H,16,20)/t10-,12+/m1/s1. The molecule has 6 heteroatoms. The topological polar surface area (TPSA) is 82.8 Å². The first-order valence-electron chi connectivity index (χ1n) is 7.29. The van der Waals surface area contributed by atoms with Crippen LogP contribution in [0, 0.1) is 6.92 Å². The molecule has 21 heavy (non-hydrogen) atoms. The van der Waals surface area contributed by atoms with E-state index in [2.05, 4.69) is 5.32 Å². The van der Waals surface area contributed by atoms with E-state index >= 15 is 0 Å². The second-order valence-corrected chi connectivity index (χ2v) is 5.54. The van der Waals surface area contributed by atoms with E-state index in [1.165, 1.54) is 6.26 Å². The van der Waals surface area contributed by atoms with Crippen molar-refractivity contribution in [1.82, 2.24) is 10.2 Å². The van der Waals surface area contributed by atoms with Gasteiger partial charge in [0.15, 0.2) is 0 Å². The number of amides is 2. The number of furan rings is 1. The van der Waals surface area contributed by atoms with Crippen LogP contribution < -0.4 is 5.32 Å². The van der Waals surface area contributed by atoms with Crippen molar-refractivity contribution in [2.45, 2.75) is 45.3 Å². The third-order valence-corrected chi connectivity index (χ3v) is 3.81. The number of aliphatic hydroxyl groups excluding tert-OH is 1. The summed E-state index contributed by atoms with van der Waals surface area (Å²) >= 11 is 0. The average Bonchev–Trinajstić information content (AvgIpc) is 3.04. The van der Waals surface area contributed by atoms with Crippen molar-refractivity contribution < 1.29 is 19.1 Å². The van der Waals surface area contributed by atoms with Crippen LogP contribution >= 0.6 is 0 Å². The van der Waals surface area contributed by atoms with Crippen molar-refractivity contribution >= 4 is 11.8 Å². The van der Waals surface area contributed by atoms with Crippen molar-refractivity contribution in [3.05, 3.63) is 23.7 Å². The molecule has 1 aromatic heterocycles. The van der Waals surface area contributed by atoms with Gasteiger partial charge in [0.2, 0.25) is 5.91 Å². The van der Waals surface area contributed by atoms with Gasteiger partial charge in [0, 0.05) is 12.6 Å². The fourth-order valence-electron chi connectivity index (χ4n) is 2.78. The highest BCUT2D eigenvalue weighted by molar-refractivity contribution is 5.97. The molecule has 0 unspecified atom stereocenters. The Morgan fingerprint density at radius 1 is 1.57 bits per heavy atom. The summed E-state index contributed by atoms with van der Waals surface area (Å²) in [7, 11) is 0. The van der Waals surface area contributed by atoms with E-state index in [9.17, 15) is 14.7 Å². The molecule has 2 heterocycles. The SMILES string of the molecule is Cc1occc1C(=O)NCC(=O)N1CCC[C@H]1C[C@@H](C)O. The summed E-state index contributed by atoms with van der Waals surface area (Å²) in [6.07, 6.45) is 3.46. The third kappa shape index (κ3) is 3.85. The Labute approximate surface area is 124 Å². The molecule has 2 atom stereocenters. The Balaban J connectivity index is 1.87. The zero-order chi connectivity index (χ0) is 15.4. The van der Waals surface area contributed by atoms with Gasteiger partial charge >= 0.3 is 0 Å². The number of aryl methyl sites for hydroxylation is 1. The summed E-state index contributed by atoms with van der Waals surface area (Å²) < 4.78 is 5.07. The van der Waals surface area contributed by atoms with Gasteiger partial charge in [-0.3, -0.25) is 9.59 Å². The highest BCUT2D eigenvalue weighted by atomic mass is 16.3. The third-order valence-electron chi connectivity index (χ3n) is 3.81. The van der Waals surface area contributed by atoms with E-state index in [0.717, 1.165) is 12.8 Å². The molecule has 0 aromatic carbocycles. The molecule has 1 aromatic rings. The molecule has 1 fully saturated rings. The normalized spacial score (nSPS) is 19.6. The second-order valence-electron chi connectivity index (χ2n) is 5.54. The first-order chi connectivity index (χ1) is 9.99. The minimum atomic E-state index is -0.424. The maximum absolute atomic E-state index is 12.2. The van der Waals surface area contributed by atoms with Crippen molar-refractivity contribution in [2.75, 3.05) is 13.1 Å². The van der Waals surface area contributed by atoms with Gasteiger partial charge < -0.3 is 19.7 Å². The van der Waals surface area contributed by atoms with Crippen LogP contribution in [0.1, 0.15) is 42.3 Å². The average molecular weight is 294 g/mol. The van der Waals surface area contributed by atoms with Crippen LogP contribution in [-0.2, 0) is 4.79 Å². The molecular formula is C15H22N2O4. The van der Waals surface area contributed by atoms with Crippen LogP contribution in [-0.4, -0.2) is 47.1 Å². The van der Waals surface area contributed by atoms with Crippen LogP contribution in [0.4, 0.5) is 0 Å². The Morgan fingerprint density at radius 3 is 2.95 bits per heavy atom. The predicted octanol–water partition coefficient (Wildman–Crippen LogP) is 1.08. The second kappa shape index (κ2) is 6.76. The summed E-state index contributed by atoms with van der Waals surface area (Å²) in [6.45, 7) is 4.09. The van der Waals surface area contributed by atoms with Crippen LogP contribution in [0.25, 0.3) is 0 Å². The Kier molecular flexibility index (Phi) is 5.01. The lowest BCUT2D eigenvalue weighted by molar-refractivity contribution is -0.131. The van der Waals surface area contributed by atoms with Gasteiger partial charge in [0.1, 0.15) is 5.76 Å². The molecular weight excluding hydrogens is 272 g/mol. The number of likely N-dealkylation sites (tertiary alicyclic amines) is 1. The van der Waals surface area contributed by atoms with Gasteiger partial charge in [-0.2, -0.15) is 0 Å². The maximum Gasteiger partial charge on any atom is 0.255 e. The number of hydrogen-bond donors (Lipinski definition) is 2. The van der Waals surface area contributed by atoms with Crippen LogP contribution in [0.2, 0.25) is 0 Å². The number of aliphatic hydroxyl groups is 1. The molecule has 6 nitrogen and oxygen atoms in total. The summed E-state index contributed by atoms with van der Waals surface area (Å²) in [4.78, 5) is 25.9. The Morgan fingerprint density at radius 2 is 2.33 bits per heavy atom. The summed E-state index contributed by atoms with van der Waals surface area (Å²) in [5.41, 5.74) is 0.449. The minimum absolute atomic E-state index is 0.0280. The van der Waals surface area contributed by atoms with Crippen molar-refractivity contribution in [3.63, 3.8) is 0 Å². The first kappa shape index (κ1) is 15.6. The number of hydrogen-bond acceptors (Lipinski definition) is 4. The van der Waals surface area contributed by atoms with Crippen LogP contribution in [0.5, 0.6) is 0 Å². The maximum atomic E-state index is 12.2. The van der Waals surface area contributed by atoms with E-state index in [1.807, 2.05) is 0 Å². The predicted molar refractivity (Wildman–Crippen MR) is 76.8 cm³/mol. The van der Waals surface area contributed by atoms with E-state index in [4.69, 9.17) is 4.42 Å². The molecule has 1 saturated heterocycles. The molecule has 1 aliphatic rings. The fraction of sp³-hybridized carbons (Fsp3) is 0.600. The number of rotatable bonds is 5. The number of carbonyl (C=O) groups excluding carboxylic acids is 2. The van der Waals surface area contributed by atoms with Gasteiger partial charge in [-0.15, -0.1) is 0 Å². The fourth-order valence-corrected chi connectivity index (χ4v) is 2.78. The molecule has 2 amide bonds. The minimum Gasteiger partial charge on any atom is -0.469 e. The van der Waals surface area contributed by atoms with Crippen LogP contribution in [0.15, 0.2) is 16.7 Å². The molecule has 1 aliphatic heterocycles. The summed E-state index contributed by atoms with van der Waals surface area (Å²) in [6, 6.07) is 1.66. The van der Waals surface area contributed by atoms with Gasteiger partial charge in [-0.1, -0.05) is 0 Å². The molecule has 2 N–H and O–H groups in total. The number of nitrogens with zero attached hydrogens (tertiary/aromatic N) is 1. The van der Waals surface area contributed by atoms with Crippen molar-refractivity contribution in [2.24, 2.45) is 0 Å². The van der Waals surface area contributed by atoms with E-state index in [1.54, 1.807) is 24.8 Å². The summed E-state index contributed by atoms with van der Waals surface area (Å²) in [5, 5.41) is 12.1. The van der Waals surface area contributed by atoms with E-state index in [0.29, 0.717) is 24.3 Å². The lowest BCUT2D eigenvalue weighted by atomic mass is 10.1.